The number of ketones is 1. The smallest absolute Gasteiger partial charge is 0.163 e. The molecule has 0 aliphatic rings. The number of ether oxygens (including phenoxy) is 1. The van der Waals surface area contributed by atoms with E-state index in [1.807, 2.05) is 19.1 Å². The fraction of sp³-hybridized carbons (Fsp3) is 0.125. The van der Waals surface area contributed by atoms with E-state index in [0.29, 0.717) is 11.3 Å². The van der Waals surface area contributed by atoms with Gasteiger partial charge in [0.2, 0.25) is 0 Å². The van der Waals surface area contributed by atoms with E-state index < -0.39 is 0 Å². The third-order valence-electron chi connectivity index (χ3n) is 5.00. The zero-order valence-electron chi connectivity index (χ0n) is 15.7. The fourth-order valence-corrected chi connectivity index (χ4v) is 3.73. The summed E-state index contributed by atoms with van der Waals surface area (Å²) >= 11 is 0. The Morgan fingerprint density at radius 3 is 1.78 bits per heavy atom. The van der Waals surface area contributed by atoms with Crippen molar-refractivity contribution >= 4 is 33.2 Å². The minimum absolute atomic E-state index is 0.000959. The highest BCUT2D eigenvalue weighted by atomic mass is 16.5. The van der Waals surface area contributed by atoms with Crippen LogP contribution in [0.1, 0.15) is 19.4 Å². The molecule has 0 amide bonds. The van der Waals surface area contributed by atoms with Gasteiger partial charge in [-0.2, -0.15) is 0 Å². The topological polar surface area (TPSA) is 31.2 Å². The number of hydrogen-bond donors (Lipinski definition) is 0. The number of methoxy groups -OCH3 is 1. The molecule has 0 spiro atoms. The van der Waals surface area contributed by atoms with Crippen LogP contribution in [0, 0.1) is 0 Å². The number of benzene rings is 3. The fourth-order valence-electron chi connectivity index (χ4n) is 3.73. The van der Waals surface area contributed by atoms with Crippen molar-refractivity contribution in [1.82, 2.24) is 4.57 Å². The molecule has 4 aromatic rings. The SMILES string of the molecule is CO/C(C)=C(\C(C)=O)c1ccc(-n2c3ccccc3c3ccccc32)cc1. The summed E-state index contributed by atoms with van der Waals surface area (Å²) in [4.78, 5) is 12.1. The Labute approximate surface area is 158 Å². The molecule has 0 saturated heterocycles. The molecule has 0 bridgehead atoms. The number of Topliss-reactive ketones (excluding diaryl/α,β-unsaturated/α-hetero) is 1. The van der Waals surface area contributed by atoms with Crippen molar-refractivity contribution in [2.75, 3.05) is 7.11 Å². The van der Waals surface area contributed by atoms with Gasteiger partial charge in [-0.3, -0.25) is 4.79 Å². The number of carbonyl (C=O) groups excluding carboxylic acids is 1. The quantitative estimate of drug-likeness (QED) is 0.345. The van der Waals surface area contributed by atoms with E-state index in [-0.39, 0.29) is 5.78 Å². The number of rotatable bonds is 4. The summed E-state index contributed by atoms with van der Waals surface area (Å²) in [6.45, 7) is 3.39. The summed E-state index contributed by atoms with van der Waals surface area (Å²) in [6, 6.07) is 24.9. The van der Waals surface area contributed by atoms with Crippen molar-refractivity contribution in [1.29, 1.82) is 0 Å². The first-order valence-corrected chi connectivity index (χ1v) is 8.96. The van der Waals surface area contributed by atoms with E-state index in [4.69, 9.17) is 4.74 Å². The van der Waals surface area contributed by atoms with Gasteiger partial charge < -0.3 is 9.30 Å². The number of aromatic nitrogens is 1. The Morgan fingerprint density at radius 2 is 1.30 bits per heavy atom. The zero-order chi connectivity index (χ0) is 19.0. The third kappa shape index (κ3) is 2.81. The van der Waals surface area contributed by atoms with Crippen molar-refractivity contribution in [3.63, 3.8) is 0 Å². The van der Waals surface area contributed by atoms with E-state index in [1.54, 1.807) is 14.0 Å². The van der Waals surface area contributed by atoms with Crippen LogP contribution in [0.25, 0.3) is 33.1 Å². The molecule has 134 valence electrons. The molecule has 3 nitrogen and oxygen atoms in total. The number of carbonyl (C=O) groups is 1. The van der Waals surface area contributed by atoms with Crippen LogP contribution in [0.4, 0.5) is 0 Å². The lowest BCUT2D eigenvalue weighted by Gasteiger charge is -2.11. The van der Waals surface area contributed by atoms with Crippen molar-refractivity contribution in [2.45, 2.75) is 13.8 Å². The number of hydrogen-bond acceptors (Lipinski definition) is 2. The molecular formula is C24H21NO2. The number of fused-ring (bicyclic) bond motifs is 3. The van der Waals surface area contributed by atoms with E-state index in [2.05, 4.69) is 65.2 Å². The molecule has 0 fully saturated rings. The first-order chi connectivity index (χ1) is 13.1. The standard InChI is InChI=1S/C24H21NO2/c1-16(26)24(17(2)27-3)18-12-14-19(15-13-18)25-22-10-6-4-8-20(22)21-9-5-7-11-23(21)25/h4-15H,1-3H3/b24-17+. The first kappa shape index (κ1) is 17.1. The van der Waals surface area contributed by atoms with Crippen molar-refractivity contribution < 1.29 is 9.53 Å². The Balaban J connectivity index is 1.91. The largest absolute Gasteiger partial charge is 0.501 e. The normalized spacial score (nSPS) is 12.3. The van der Waals surface area contributed by atoms with E-state index in [0.717, 1.165) is 11.3 Å². The minimum Gasteiger partial charge on any atom is -0.501 e. The summed E-state index contributed by atoms with van der Waals surface area (Å²) in [5.74, 6) is 0.631. The van der Waals surface area contributed by atoms with Gasteiger partial charge >= 0.3 is 0 Å². The van der Waals surface area contributed by atoms with Gasteiger partial charge in [0.1, 0.15) is 5.76 Å². The average Bonchev–Trinajstić information content (AvgIpc) is 3.03. The molecule has 1 heterocycles. The highest BCUT2D eigenvalue weighted by Crippen LogP contribution is 2.32. The second-order valence-electron chi connectivity index (χ2n) is 6.61. The van der Waals surface area contributed by atoms with Crippen LogP contribution < -0.4 is 0 Å². The van der Waals surface area contributed by atoms with Crippen molar-refractivity contribution in [3.05, 3.63) is 84.1 Å². The molecule has 27 heavy (non-hydrogen) atoms. The van der Waals surface area contributed by atoms with E-state index in [9.17, 15) is 4.79 Å². The Bertz CT molecular complexity index is 1130. The molecule has 0 radical (unpaired) electrons. The summed E-state index contributed by atoms with van der Waals surface area (Å²) in [5.41, 5.74) is 4.88. The first-order valence-electron chi connectivity index (χ1n) is 8.96. The van der Waals surface area contributed by atoms with Crippen LogP contribution >= 0.6 is 0 Å². The number of allylic oxidation sites excluding steroid dienone is 2. The Kier molecular flexibility index (Phi) is 4.28. The highest BCUT2D eigenvalue weighted by molar-refractivity contribution is 6.20. The Morgan fingerprint density at radius 1 is 0.778 bits per heavy atom. The van der Waals surface area contributed by atoms with Crippen LogP contribution in [-0.4, -0.2) is 17.5 Å². The van der Waals surface area contributed by atoms with Gasteiger partial charge in [0.15, 0.2) is 5.78 Å². The predicted molar refractivity (Wildman–Crippen MR) is 111 cm³/mol. The molecule has 3 aromatic carbocycles. The van der Waals surface area contributed by atoms with Crippen molar-refractivity contribution in [3.8, 4) is 5.69 Å². The molecule has 0 N–H and O–H groups in total. The molecule has 0 saturated carbocycles. The minimum atomic E-state index is -0.000959. The Hall–Kier alpha value is -3.33. The molecule has 0 aliphatic heterocycles. The van der Waals surface area contributed by atoms with Gasteiger partial charge in [0.25, 0.3) is 0 Å². The van der Waals surface area contributed by atoms with Crippen LogP contribution in [0.3, 0.4) is 0 Å². The summed E-state index contributed by atoms with van der Waals surface area (Å²) in [7, 11) is 1.59. The second kappa shape index (κ2) is 6.76. The summed E-state index contributed by atoms with van der Waals surface area (Å²) in [5, 5.41) is 2.47. The molecule has 1 aromatic heterocycles. The summed E-state index contributed by atoms with van der Waals surface area (Å²) < 4.78 is 7.56. The average molecular weight is 355 g/mol. The van der Waals surface area contributed by atoms with Gasteiger partial charge in [-0.05, 0) is 43.7 Å². The zero-order valence-corrected chi connectivity index (χ0v) is 15.7. The van der Waals surface area contributed by atoms with Gasteiger partial charge in [0.05, 0.1) is 23.7 Å². The lowest BCUT2D eigenvalue weighted by atomic mass is 10.0. The van der Waals surface area contributed by atoms with Crippen LogP contribution in [0.5, 0.6) is 0 Å². The van der Waals surface area contributed by atoms with Gasteiger partial charge in [0, 0.05) is 16.5 Å². The molecular weight excluding hydrogens is 334 g/mol. The van der Waals surface area contributed by atoms with Crippen LogP contribution in [0.15, 0.2) is 78.6 Å². The second-order valence-corrected chi connectivity index (χ2v) is 6.61. The van der Waals surface area contributed by atoms with E-state index in [1.165, 1.54) is 21.8 Å². The van der Waals surface area contributed by atoms with Gasteiger partial charge in [-0.25, -0.2) is 0 Å². The molecule has 0 atom stereocenters. The van der Waals surface area contributed by atoms with E-state index >= 15 is 0 Å². The monoisotopic (exact) mass is 355 g/mol. The summed E-state index contributed by atoms with van der Waals surface area (Å²) in [6.07, 6.45) is 0. The molecule has 4 rings (SSSR count). The number of para-hydroxylation sites is 2. The van der Waals surface area contributed by atoms with Gasteiger partial charge in [-0.1, -0.05) is 48.5 Å². The maximum absolute atomic E-state index is 12.1. The highest BCUT2D eigenvalue weighted by Gasteiger charge is 2.14. The maximum Gasteiger partial charge on any atom is 0.163 e. The predicted octanol–water partition coefficient (Wildman–Crippen LogP) is 5.75. The lowest BCUT2D eigenvalue weighted by molar-refractivity contribution is -0.111. The third-order valence-corrected chi connectivity index (χ3v) is 5.00. The molecule has 3 heteroatoms. The van der Waals surface area contributed by atoms with Gasteiger partial charge in [-0.15, -0.1) is 0 Å². The van der Waals surface area contributed by atoms with Crippen LogP contribution in [0.2, 0.25) is 0 Å². The molecule has 0 unspecified atom stereocenters. The number of nitrogens with zero attached hydrogens (tertiary/aromatic N) is 1. The van der Waals surface area contributed by atoms with Crippen LogP contribution in [-0.2, 0) is 9.53 Å². The lowest BCUT2D eigenvalue weighted by Crippen LogP contribution is -2.01. The maximum atomic E-state index is 12.1. The molecule has 0 aliphatic carbocycles. The van der Waals surface area contributed by atoms with Crippen molar-refractivity contribution in [2.24, 2.45) is 0 Å².